The third-order valence-corrected chi connectivity index (χ3v) is 3.48. The quantitative estimate of drug-likeness (QED) is 0.863. The Morgan fingerprint density at radius 3 is 2.00 bits per heavy atom. The summed E-state index contributed by atoms with van der Waals surface area (Å²) < 4.78 is 4.30. The molecule has 0 aromatic heterocycles. The van der Waals surface area contributed by atoms with Gasteiger partial charge in [-0.15, -0.1) is 0 Å². The molecular weight excluding hydrogens is 266 g/mol. The number of benzene rings is 1. The van der Waals surface area contributed by atoms with Crippen LogP contribution in [0.15, 0.2) is 24.3 Å². The molecule has 0 fully saturated rings. The minimum atomic E-state index is -1.05. The maximum absolute atomic E-state index is 10.4. The van der Waals surface area contributed by atoms with E-state index in [4.69, 9.17) is 22.7 Å². The smallest absolute Gasteiger partial charge is 0.339 e. The molecule has 1 rings (SSSR count). The fourth-order valence-electron chi connectivity index (χ4n) is 1.46. The molecule has 5 heteroatoms. The maximum atomic E-state index is 10.4. The van der Waals surface area contributed by atoms with Gasteiger partial charge in [0, 0.05) is 5.54 Å². The predicted molar refractivity (Wildman–Crippen MR) is 77.7 cm³/mol. The highest BCUT2D eigenvalue weighted by molar-refractivity contribution is 6.09. The monoisotopic (exact) mass is 287 g/mol. The number of nitrogens with two attached hydrogens (primary N) is 1. The number of para-hydroxylation sites is 1. The fraction of sp³-hybridized carbons (Fsp3) is 0.500. The zero-order chi connectivity index (χ0) is 14.9. The van der Waals surface area contributed by atoms with Crippen molar-refractivity contribution < 1.29 is 14.2 Å². The lowest BCUT2D eigenvalue weighted by atomic mass is 9.92. The Labute approximate surface area is 119 Å². The number of aromatic carboxylic acids is 1. The second-order valence-electron chi connectivity index (χ2n) is 4.30. The lowest BCUT2D eigenvalue weighted by Crippen LogP contribution is -2.37. The van der Waals surface area contributed by atoms with Crippen LogP contribution in [-0.4, -0.2) is 16.6 Å². The van der Waals surface area contributed by atoms with Crippen molar-refractivity contribution in [2.24, 2.45) is 5.73 Å². The van der Waals surface area contributed by atoms with Crippen molar-refractivity contribution >= 4 is 17.8 Å². The molecule has 0 amide bonds. The highest BCUT2D eigenvalue weighted by Gasteiger charge is 2.15. The number of carbonyl (C=O) groups is 1. The van der Waals surface area contributed by atoms with E-state index >= 15 is 0 Å². The highest BCUT2D eigenvalue weighted by Crippen LogP contribution is 2.18. The van der Waals surface area contributed by atoms with Crippen molar-refractivity contribution in [1.82, 2.24) is 0 Å². The molecule has 1 aromatic rings. The van der Waals surface area contributed by atoms with E-state index in [1.165, 1.54) is 12.1 Å². The SMILES string of the molecule is CCC(N)(CC)CC.O=C(O)c1ccccc1OCl. The van der Waals surface area contributed by atoms with Crippen molar-refractivity contribution in [1.29, 1.82) is 0 Å². The van der Waals surface area contributed by atoms with Crippen LogP contribution in [0.1, 0.15) is 50.4 Å². The van der Waals surface area contributed by atoms with Gasteiger partial charge in [-0.1, -0.05) is 32.9 Å². The predicted octanol–water partition coefficient (Wildman–Crippen LogP) is 3.83. The molecule has 4 nitrogen and oxygen atoms in total. The van der Waals surface area contributed by atoms with Crippen LogP contribution in [0.5, 0.6) is 5.75 Å². The van der Waals surface area contributed by atoms with Crippen molar-refractivity contribution in [3.8, 4) is 5.75 Å². The minimum Gasteiger partial charge on any atom is -0.478 e. The molecule has 0 aliphatic rings. The molecule has 1 aromatic carbocycles. The van der Waals surface area contributed by atoms with Crippen LogP contribution in [0.4, 0.5) is 0 Å². The van der Waals surface area contributed by atoms with Gasteiger partial charge in [0.2, 0.25) is 0 Å². The maximum Gasteiger partial charge on any atom is 0.339 e. The van der Waals surface area contributed by atoms with Gasteiger partial charge in [0.1, 0.15) is 17.4 Å². The lowest BCUT2D eigenvalue weighted by molar-refractivity contribution is 0.0695. The molecule has 0 heterocycles. The molecule has 0 atom stereocenters. The molecule has 0 aliphatic heterocycles. The van der Waals surface area contributed by atoms with Crippen LogP contribution < -0.4 is 10.0 Å². The van der Waals surface area contributed by atoms with Gasteiger partial charge >= 0.3 is 5.97 Å². The molecule has 0 aliphatic carbocycles. The third-order valence-electron chi connectivity index (χ3n) is 3.31. The van der Waals surface area contributed by atoms with Crippen LogP contribution in [0, 0.1) is 0 Å². The van der Waals surface area contributed by atoms with Crippen LogP contribution >= 0.6 is 11.9 Å². The van der Waals surface area contributed by atoms with E-state index in [2.05, 4.69) is 25.1 Å². The fourth-order valence-corrected chi connectivity index (χ4v) is 1.60. The van der Waals surface area contributed by atoms with Gasteiger partial charge < -0.3 is 15.1 Å². The first-order chi connectivity index (χ1) is 8.94. The van der Waals surface area contributed by atoms with E-state index in [0.29, 0.717) is 0 Å². The molecule has 0 unspecified atom stereocenters. The summed E-state index contributed by atoms with van der Waals surface area (Å²) in [5, 5.41) is 8.56. The van der Waals surface area contributed by atoms with E-state index in [1.807, 2.05) is 0 Å². The molecule has 0 saturated carbocycles. The van der Waals surface area contributed by atoms with Crippen LogP contribution in [0.2, 0.25) is 0 Å². The molecular formula is C14H22ClNO3. The number of rotatable bonds is 5. The van der Waals surface area contributed by atoms with Gasteiger partial charge in [-0.3, -0.25) is 0 Å². The molecule has 0 spiro atoms. The van der Waals surface area contributed by atoms with Crippen LogP contribution in [0.3, 0.4) is 0 Å². The Morgan fingerprint density at radius 2 is 1.74 bits per heavy atom. The number of hydrogen-bond acceptors (Lipinski definition) is 3. The average Bonchev–Trinajstić information content (AvgIpc) is 2.47. The van der Waals surface area contributed by atoms with E-state index in [0.717, 1.165) is 19.3 Å². The van der Waals surface area contributed by atoms with Crippen molar-refractivity contribution in [3.05, 3.63) is 29.8 Å². The van der Waals surface area contributed by atoms with Gasteiger partial charge in [0.05, 0.1) is 0 Å². The van der Waals surface area contributed by atoms with Gasteiger partial charge in [0.15, 0.2) is 5.75 Å². The van der Waals surface area contributed by atoms with Gasteiger partial charge in [-0.2, -0.15) is 0 Å². The van der Waals surface area contributed by atoms with Gasteiger partial charge in [-0.05, 0) is 31.4 Å². The topological polar surface area (TPSA) is 72.6 Å². The molecule has 0 saturated heterocycles. The summed E-state index contributed by atoms with van der Waals surface area (Å²) in [5.41, 5.74) is 6.08. The Bertz CT molecular complexity index is 384. The first-order valence-electron chi connectivity index (χ1n) is 6.33. The van der Waals surface area contributed by atoms with Crippen molar-refractivity contribution in [2.75, 3.05) is 0 Å². The van der Waals surface area contributed by atoms with E-state index in [-0.39, 0.29) is 16.9 Å². The van der Waals surface area contributed by atoms with E-state index in [9.17, 15) is 4.79 Å². The molecule has 3 N–H and O–H groups in total. The van der Waals surface area contributed by atoms with Crippen molar-refractivity contribution in [3.63, 3.8) is 0 Å². The van der Waals surface area contributed by atoms with Crippen LogP contribution in [0.25, 0.3) is 0 Å². The Morgan fingerprint density at radius 1 is 1.26 bits per heavy atom. The van der Waals surface area contributed by atoms with E-state index in [1.54, 1.807) is 12.1 Å². The first kappa shape index (κ1) is 17.7. The Kier molecular flexibility index (Phi) is 8.19. The largest absolute Gasteiger partial charge is 0.478 e. The summed E-state index contributed by atoms with van der Waals surface area (Å²) in [7, 11) is 0. The number of carboxylic acid groups (broad SMARTS) is 1. The zero-order valence-electron chi connectivity index (χ0n) is 11.6. The summed E-state index contributed by atoms with van der Waals surface area (Å²) in [4.78, 5) is 10.4. The lowest BCUT2D eigenvalue weighted by Gasteiger charge is -2.23. The molecule has 108 valence electrons. The normalized spacial score (nSPS) is 10.4. The second kappa shape index (κ2) is 8.77. The number of halogens is 1. The zero-order valence-corrected chi connectivity index (χ0v) is 12.4. The molecule has 0 bridgehead atoms. The minimum absolute atomic E-state index is 0.0579. The Hall–Kier alpha value is -1.26. The summed E-state index contributed by atoms with van der Waals surface area (Å²) >= 11 is 5.01. The first-order valence-corrected chi connectivity index (χ1v) is 6.64. The number of hydrogen-bond donors (Lipinski definition) is 2. The van der Waals surface area contributed by atoms with E-state index < -0.39 is 5.97 Å². The summed E-state index contributed by atoms with van der Waals surface area (Å²) in [5.74, 6) is -0.900. The number of carboxylic acids is 1. The summed E-state index contributed by atoms with van der Waals surface area (Å²) in [6, 6.07) is 6.14. The molecule has 19 heavy (non-hydrogen) atoms. The molecule has 0 radical (unpaired) electrons. The highest BCUT2D eigenvalue weighted by atomic mass is 35.5. The summed E-state index contributed by atoms with van der Waals surface area (Å²) in [6.07, 6.45) is 3.29. The Balaban J connectivity index is 0.000000362. The standard InChI is InChI=1S/C7H5ClO3.C7H17N/c8-11-6-4-2-1-3-5(6)7(9)10;1-4-7(8,5-2)6-3/h1-4H,(H,9,10);4-6,8H2,1-3H3. The summed E-state index contributed by atoms with van der Waals surface area (Å²) in [6.45, 7) is 6.44. The van der Waals surface area contributed by atoms with Crippen LogP contribution in [-0.2, 0) is 0 Å². The van der Waals surface area contributed by atoms with Gasteiger partial charge in [0.25, 0.3) is 0 Å². The average molecular weight is 288 g/mol. The van der Waals surface area contributed by atoms with Gasteiger partial charge in [-0.25, -0.2) is 4.79 Å². The second-order valence-corrected chi connectivity index (χ2v) is 4.46. The third kappa shape index (κ3) is 5.94. The van der Waals surface area contributed by atoms with Crippen molar-refractivity contribution in [2.45, 2.75) is 45.6 Å².